The number of aliphatic carboxylic acids is 1. The smallest absolute Gasteiger partial charge is 0.325 e. The summed E-state index contributed by atoms with van der Waals surface area (Å²) in [4.78, 5) is 19.0. The van der Waals surface area contributed by atoms with Crippen LogP contribution < -0.4 is 5.32 Å². The van der Waals surface area contributed by atoms with E-state index in [1.54, 1.807) is 6.07 Å². The van der Waals surface area contributed by atoms with Gasteiger partial charge in [-0.05, 0) is 98.7 Å². The normalized spacial score (nSPS) is 22.0. The first-order valence-electron chi connectivity index (χ1n) is 14.2. The lowest BCUT2D eigenvalue weighted by atomic mass is 9.85. The number of anilines is 1. The number of fused-ring (bicyclic) bond motifs is 1. The summed E-state index contributed by atoms with van der Waals surface area (Å²) in [5.41, 5.74) is 3.70. The average Bonchev–Trinajstić information content (AvgIpc) is 3.41. The van der Waals surface area contributed by atoms with Crippen molar-refractivity contribution in [3.63, 3.8) is 0 Å². The topological polar surface area (TPSA) is 74.7 Å². The number of nitrogens with zero attached hydrogens (tertiary/aromatic N) is 2. The zero-order valence-electron chi connectivity index (χ0n) is 22.0. The van der Waals surface area contributed by atoms with Crippen molar-refractivity contribution in [1.29, 1.82) is 0 Å². The number of carboxylic acids is 1. The van der Waals surface area contributed by atoms with Crippen molar-refractivity contribution in [2.75, 3.05) is 38.2 Å². The number of carboxylic acid groups (broad SMARTS) is 1. The first-order chi connectivity index (χ1) is 18.5. The van der Waals surface area contributed by atoms with Gasteiger partial charge >= 0.3 is 5.97 Å². The molecule has 0 radical (unpaired) electrons. The van der Waals surface area contributed by atoms with Crippen LogP contribution in [-0.2, 0) is 22.4 Å². The molecule has 0 bridgehead atoms. The summed E-state index contributed by atoms with van der Waals surface area (Å²) in [6.45, 7) is 3.07. The van der Waals surface area contributed by atoms with Crippen molar-refractivity contribution in [3.8, 4) is 0 Å². The van der Waals surface area contributed by atoms with Crippen LogP contribution in [0.4, 0.5) is 14.6 Å². The number of halogens is 2. The van der Waals surface area contributed by atoms with E-state index >= 15 is 4.39 Å². The number of benzene rings is 1. The Kier molecular flexibility index (Phi) is 8.89. The number of nitrogens with one attached hydrogen (secondary N) is 1. The lowest BCUT2D eigenvalue weighted by Crippen LogP contribution is -2.34. The second-order valence-corrected chi connectivity index (χ2v) is 11.0. The molecule has 3 atom stereocenters. The number of aryl methyl sites for hydroxylation is 2. The molecule has 2 fully saturated rings. The van der Waals surface area contributed by atoms with Crippen LogP contribution in [0.2, 0.25) is 0 Å². The number of hydrogen-bond donors (Lipinski definition) is 2. The van der Waals surface area contributed by atoms with Crippen LogP contribution in [-0.4, -0.2) is 60.0 Å². The minimum atomic E-state index is -1.01. The molecule has 1 aromatic carbocycles. The van der Waals surface area contributed by atoms with Gasteiger partial charge in [0.2, 0.25) is 0 Å². The van der Waals surface area contributed by atoms with Gasteiger partial charge < -0.3 is 15.2 Å². The Morgan fingerprint density at radius 2 is 2.03 bits per heavy atom. The molecule has 3 aliphatic rings. The molecule has 206 valence electrons. The summed E-state index contributed by atoms with van der Waals surface area (Å²) >= 11 is 0. The Bertz CT molecular complexity index is 1110. The Labute approximate surface area is 223 Å². The van der Waals surface area contributed by atoms with Gasteiger partial charge in [-0.3, -0.25) is 9.69 Å². The van der Waals surface area contributed by atoms with E-state index in [-0.39, 0.29) is 11.8 Å². The van der Waals surface area contributed by atoms with Crippen LogP contribution in [0.5, 0.6) is 0 Å². The van der Waals surface area contributed by atoms with Crippen molar-refractivity contribution in [3.05, 3.63) is 58.5 Å². The van der Waals surface area contributed by atoms with Crippen LogP contribution in [0.25, 0.3) is 0 Å². The van der Waals surface area contributed by atoms with Crippen molar-refractivity contribution >= 4 is 11.8 Å². The highest BCUT2D eigenvalue weighted by molar-refractivity contribution is 5.76. The summed E-state index contributed by atoms with van der Waals surface area (Å²) in [5.74, 6) is -0.510. The molecule has 0 saturated carbocycles. The Morgan fingerprint density at radius 3 is 2.84 bits per heavy atom. The maximum atomic E-state index is 15.3. The van der Waals surface area contributed by atoms with E-state index in [0.29, 0.717) is 44.7 Å². The predicted octanol–water partition coefficient (Wildman–Crippen LogP) is 5.67. The molecule has 6 nitrogen and oxygen atoms in total. The van der Waals surface area contributed by atoms with Crippen molar-refractivity contribution < 1.29 is 23.4 Å². The molecule has 2 aromatic rings. The van der Waals surface area contributed by atoms with Gasteiger partial charge in [-0.1, -0.05) is 18.6 Å². The van der Waals surface area contributed by atoms with Crippen LogP contribution in [0.15, 0.2) is 30.3 Å². The number of pyridine rings is 1. The lowest BCUT2D eigenvalue weighted by molar-refractivity contribution is -0.143. The van der Waals surface area contributed by atoms with E-state index in [0.717, 1.165) is 68.6 Å². The van der Waals surface area contributed by atoms with Crippen LogP contribution in [0, 0.1) is 11.7 Å². The van der Waals surface area contributed by atoms with E-state index in [9.17, 15) is 14.3 Å². The zero-order valence-corrected chi connectivity index (χ0v) is 22.0. The Hall–Kier alpha value is -2.58. The first-order valence-corrected chi connectivity index (χ1v) is 14.2. The second kappa shape index (κ2) is 12.5. The van der Waals surface area contributed by atoms with Crippen molar-refractivity contribution in [2.45, 2.75) is 75.9 Å². The molecule has 3 aliphatic heterocycles. The monoisotopic (exact) mass is 527 g/mol. The Morgan fingerprint density at radius 1 is 1.18 bits per heavy atom. The molecule has 1 unspecified atom stereocenters. The maximum absolute atomic E-state index is 15.3. The number of likely N-dealkylation sites (tertiary alicyclic amines) is 1. The van der Waals surface area contributed by atoms with Gasteiger partial charge in [0.25, 0.3) is 0 Å². The molecule has 1 aromatic heterocycles. The minimum Gasteiger partial charge on any atom is -0.480 e. The van der Waals surface area contributed by atoms with E-state index in [1.165, 1.54) is 17.7 Å². The standard InChI is InChI=1S/C30H39F2N3O3/c31-23-8-10-25(20-12-16-38-17-13-20)26(18-23)28(30(36)37)35-15-11-22(19-35)27(32)6-2-1-5-24-9-7-21-4-3-14-33-29(21)34-24/h7-10,18,20,22,27-28H,1-6,11-17,19H2,(H,33,34)(H,36,37)/t22-,27?,28+/m1/s1. The van der Waals surface area contributed by atoms with E-state index < -0.39 is 24.0 Å². The summed E-state index contributed by atoms with van der Waals surface area (Å²) in [5, 5.41) is 13.6. The summed E-state index contributed by atoms with van der Waals surface area (Å²) in [6, 6.07) is 7.78. The number of hydrogen-bond acceptors (Lipinski definition) is 5. The fourth-order valence-electron chi connectivity index (χ4n) is 6.38. The number of alkyl halides is 1. The molecule has 0 aliphatic carbocycles. The second-order valence-electron chi connectivity index (χ2n) is 11.0. The molecule has 38 heavy (non-hydrogen) atoms. The summed E-state index contributed by atoms with van der Waals surface area (Å²) in [6.07, 6.45) is 6.35. The molecule has 0 amide bonds. The van der Waals surface area contributed by atoms with Gasteiger partial charge in [-0.25, -0.2) is 13.8 Å². The van der Waals surface area contributed by atoms with Gasteiger partial charge in [0.05, 0.1) is 0 Å². The molecule has 4 heterocycles. The molecule has 8 heteroatoms. The molecule has 0 spiro atoms. The van der Waals surface area contributed by atoms with Gasteiger partial charge in [0.15, 0.2) is 0 Å². The third-order valence-electron chi connectivity index (χ3n) is 8.49. The van der Waals surface area contributed by atoms with E-state index in [1.807, 2.05) is 4.90 Å². The third kappa shape index (κ3) is 6.34. The molecular formula is C30H39F2N3O3. The molecule has 5 rings (SSSR count). The highest BCUT2D eigenvalue weighted by Crippen LogP contribution is 2.38. The number of rotatable bonds is 10. The van der Waals surface area contributed by atoms with Crippen LogP contribution in [0.3, 0.4) is 0 Å². The predicted molar refractivity (Wildman–Crippen MR) is 143 cm³/mol. The largest absolute Gasteiger partial charge is 0.480 e. The van der Waals surface area contributed by atoms with Crippen molar-refractivity contribution in [1.82, 2.24) is 9.88 Å². The fraction of sp³-hybridized carbons (Fsp3) is 0.600. The zero-order chi connectivity index (χ0) is 26.5. The average molecular weight is 528 g/mol. The van der Waals surface area contributed by atoms with Crippen LogP contribution in [0.1, 0.15) is 79.3 Å². The summed E-state index contributed by atoms with van der Waals surface area (Å²) in [7, 11) is 0. The summed E-state index contributed by atoms with van der Waals surface area (Å²) < 4.78 is 35.0. The van der Waals surface area contributed by atoms with Gasteiger partial charge in [0.1, 0.15) is 23.8 Å². The van der Waals surface area contributed by atoms with Crippen molar-refractivity contribution in [2.24, 2.45) is 5.92 Å². The van der Waals surface area contributed by atoms with E-state index in [4.69, 9.17) is 9.72 Å². The van der Waals surface area contributed by atoms with Gasteiger partial charge in [-0.15, -0.1) is 0 Å². The molecule has 2 N–H and O–H groups in total. The van der Waals surface area contributed by atoms with Crippen LogP contribution >= 0.6 is 0 Å². The molecule has 2 saturated heterocycles. The lowest BCUT2D eigenvalue weighted by Gasteiger charge is -2.30. The first kappa shape index (κ1) is 27.0. The van der Waals surface area contributed by atoms with Gasteiger partial charge in [-0.2, -0.15) is 0 Å². The fourth-order valence-corrected chi connectivity index (χ4v) is 6.38. The number of aromatic nitrogens is 1. The highest BCUT2D eigenvalue weighted by Gasteiger charge is 2.38. The SMILES string of the molecule is O=C(O)[C@H](c1cc(F)ccc1C1CCOCC1)N1CC[C@@H](C(F)CCCCc2ccc3c(n2)NCCC3)C1. The van der Waals surface area contributed by atoms with E-state index in [2.05, 4.69) is 17.4 Å². The number of ether oxygens (including phenoxy) is 1. The third-order valence-corrected chi connectivity index (χ3v) is 8.49. The Balaban J connectivity index is 1.16. The maximum Gasteiger partial charge on any atom is 0.325 e. The molecular weight excluding hydrogens is 488 g/mol. The number of unbranched alkanes of at least 4 members (excludes halogenated alkanes) is 1. The van der Waals surface area contributed by atoms with Gasteiger partial charge in [0, 0.05) is 37.9 Å². The quantitative estimate of drug-likeness (QED) is 0.388. The minimum absolute atomic E-state index is 0.147. The highest BCUT2D eigenvalue weighted by atomic mass is 19.1. The number of carbonyl (C=O) groups is 1.